The van der Waals surface area contributed by atoms with Crippen molar-refractivity contribution < 1.29 is 23.8 Å². The Kier molecular flexibility index (Phi) is 10.1. The van der Waals surface area contributed by atoms with E-state index in [1.54, 1.807) is 4.68 Å². The van der Waals surface area contributed by atoms with E-state index in [0.717, 1.165) is 37.8 Å². The molecule has 2 heterocycles. The maximum absolute atomic E-state index is 12.4. The van der Waals surface area contributed by atoms with Crippen molar-refractivity contribution >= 4 is 24.4 Å². The monoisotopic (exact) mass is 447 g/mol. The molecular formula is C18H32N4O5PS-. The van der Waals surface area contributed by atoms with Crippen LogP contribution in [0.15, 0.2) is 6.20 Å². The fourth-order valence-electron chi connectivity index (χ4n) is 3.50. The van der Waals surface area contributed by atoms with Gasteiger partial charge in [-0.05, 0) is 38.5 Å². The summed E-state index contributed by atoms with van der Waals surface area (Å²) in [5, 5.41) is 18.1. The molecule has 0 saturated carbocycles. The first-order chi connectivity index (χ1) is 13.8. The molecule has 1 amide bonds. The lowest BCUT2D eigenvalue weighted by atomic mass is 10.1. The third-order valence-corrected chi connectivity index (χ3v) is 6.81. The Morgan fingerprint density at radius 3 is 2.93 bits per heavy atom. The topological polar surface area (TPSA) is 113 Å². The summed E-state index contributed by atoms with van der Waals surface area (Å²) in [6, 6.07) is 0.161. The fourth-order valence-corrected chi connectivity index (χ4v) is 4.18. The van der Waals surface area contributed by atoms with Gasteiger partial charge in [-0.1, -0.05) is 30.4 Å². The molecule has 0 aromatic carbocycles. The van der Waals surface area contributed by atoms with Crippen LogP contribution < -0.4 is 4.89 Å². The summed E-state index contributed by atoms with van der Waals surface area (Å²) in [4.78, 5) is 25.6. The minimum atomic E-state index is -3.29. The number of hydrogen-bond donors (Lipinski definition) is 1. The molecule has 0 aliphatic carbocycles. The van der Waals surface area contributed by atoms with Crippen LogP contribution >= 0.6 is 6.72 Å². The molecule has 11 heteroatoms. The fraction of sp³-hybridized carbons (Fsp3) is 0.833. The molecule has 29 heavy (non-hydrogen) atoms. The van der Waals surface area contributed by atoms with E-state index >= 15 is 0 Å². The van der Waals surface area contributed by atoms with Crippen LogP contribution in [-0.2, 0) is 38.6 Å². The number of carbonyl (C=O) groups is 1. The van der Waals surface area contributed by atoms with E-state index < -0.39 is 12.8 Å². The van der Waals surface area contributed by atoms with E-state index in [2.05, 4.69) is 26.6 Å². The van der Waals surface area contributed by atoms with Crippen LogP contribution in [0.4, 0.5) is 0 Å². The number of likely N-dealkylation sites (tertiary alicyclic amines) is 1. The molecule has 0 bridgehead atoms. The average Bonchev–Trinajstić information content (AvgIpc) is 3.30. The maximum atomic E-state index is 12.4. The van der Waals surface area contributed by atoms with Gasteiger partial charge in [-0.2, -0.15) is 0 Å². The Labute approximate surface area is 177 Å². The molecule has 166 valence electrons. The van der Waals surface area contributed by atoms with E-state index in [1.165, 1.54) is 7.11 Å². The summed E-state index contributed by atoms with van der Waals surface area (Å²) < 4.78 is 11.4. The van der Waals surface area contributed by atoms with Crippen LogP contribution in [0, 0.1) is 0 Å². The predicted molar refractivity (Wildman–Crippen MR) is 110 cm³/mol. The molecule has 0 spiro atoms. The van der Waals surface area contributed by atoms with Crippen LogP contribution in [-0.4, -0.2) is 63.3 Å². The lowest BCUT2D eigenvalue weighted by Crippen LogP contribution is -2.35. The van der Waals surface area contributed by atoms with Crippen molar-refractivity contribution in [2.24, 2.45) is 0 Å². The van der Waals surface area contributed by atoms with E-state index in [1.807, 2.05) is 18.0 Å². The van der Waals surface area contributed by atoms with Gasteiger partial charge in [0.15, 0.2) is 0 Å². The zero-order chi connectivity index (χ0) is 21.3. The van der Waals surface area contributed by atoms with Gasteiger partial charge in [0, 0.05) is 38.9 Å². The van der Waals surface area contributed by atoms with Gasteiger partial charge < -0.3 is 23.9 Å². The number of unbranched alkanes of at least 4 members (excludes halogenated alkanes) is 2. The molecule has 0 radical (unpaired) electrons. The highest BCUT2D eigenvalue weighted by molar-refractivity contribution is 8.06. The largest absolute Gasteiger partial charge is 0.780 e. The Morgan fingerprint density at radius 1 is 1.41 bits per heavy atom. The zero-order valence-electron chi connectivity index (χ0n) is 17.2. The first-order valence-electron chi connectivity index (χ1n) is 10.2. The van der Waals surface area contributed by atoms with Crippen molar-refractivity contribution in [1.29, 1.82) is 0 Å². The predicted octanol–water partition coefficient (Wildman–Crippen LogP) is 1.39. The highest BCUT2D eigenvalue weighted by Crippen LogP contribution is 2.37. The van der Waals surface area contributed by atoms with Crippen molar-refractivity contribution in [2.45, 2.75) is 77.0 Å². The molecule has 1 fully saturated rings. The summed E-state index contributed by atoms with van der Waals surface area (Å²) in [5.41, 5.74) is 0.914. The van der Waals surface area contributed by atoms with E-state index in [0.29, 0.717) is 39.0 Å². The van der Waals surface area contributed by atoms with Crippen LogP contribution in [0.3, 0.4) is 0 Å². The second kappa shape index (κ2) is 12.1. The van der Waals surface area contributed by atoms with Crippen LogP contribution in [0.5, 0.6) is 0 Å². The number of carbonyl (C=O) groups excluding carboxylic acids is 1. The lowest BCUT2D eigenvalue weighted by molar-refractivity contribution is -0.204. The van der Waals surface area contributed by atoms with Gasteiger partial charge in [0.1, 0.15) is 6.72 Å². The molecule has 3 atom stereocenters. The molecule has 1 saturated heterocycles. The number of aryl methyl sites for hydroxylation is 2. The number of aliphatic hydroxyl groups is 1. The summed E-state index contributed by atoms with van der Waals surface area (Å²) in [5.74, 6) is 0.105. The summed E-state index contributed by atoms with van der Waals surface area (Å²) in [7, 11) is 1.28. The highest BCUT2D eigenvalue weighted by atomic mass is 32.5. The van der Waals surface area contributed by atoms with Crippen molar-refractivity contribution in [1.82, 2.24) is 19.9 Å². The average molecular weight is 448 g/mol. The second-order valence-corrected chi connectivity index (χ2v) is 10.2. The van der Waals surface area contributed by atoms with Gasteiger partial charge in [-0.25, -0.2) is 0 Å². The smallest absolute Gasteiger partial charge is 0.222 e. The lowest BCUT2D eigenvalue weighted by Gasteiger charge is -2.24. The van der Waals surface area contributed by atoms with Crippen molar-refractivity contribution in [3.05, 3.63) is 11.9 Å². The quantitative estimate of drug-likeness (QED) is 0.357. The number of nitrogens with zero attached hydrogens (tertiary/aromatic N) is 4. The van der Waals surface area contributed by atoms with Crippen LogP contribution in [0.25, 0.3) is 0 Å². The van der Waals surface area contributed by atoms with Gasteiger partial charge in [-0.15, -0.1) is 5.10 Å². The number of aromatic nitrogens is 3. The summed E-state index contributed by atoms with van der Waals surface area (Å²) in [6.45, 7) is 0.169. The normalized spacial score (nSPS) is 21.4. The highest BCUT2D eigenvalue weighted by Gasteiger charge is 2.32. The molecular weight excluding hydrogens is 415 g/mol. The standard InChI is InChI=1S/C18H33N4O5PS/c1-3-16-12-17(23)14-22(16)18(24)9-7-10-21-13-15(19-20-21)8-5-4-6-11-27-28(25,29)26-2/h13,16-17,23H,3-12,14H2,1-2H3,(H,25,29)/p-1/t16-,17?,28?/m1/s1. The Hall–Kier alpha value is -0.900. The number of amides is 1. The molecule has 9 nitrogen and oxygen atoms in total. The van der Waals surface area contributed by atoms with Crippen LogP contribution in [0.2, 0.25) is 0 Å². The molecule has 1 aliphatic rings. The van der Waals surface area contributed by atoms with Gasteiger partial charge in [0.05, 0.1) is 18.4 Å². The maximum Gasteiger partial charge on any atom is 0.222 e. The minimum absolute atomic E-state index is 0.105. The summed E-state index contributed by atoms with van der Waals surface area (Å²) in [6.07, 6.45) is 7.61. The van der Waals surface area contributed by atoms with Crippen molar-refractivity contribution in [2.75, 3.05) is 20.3 Å². The van der Waals surface area contributed by atoms with Crippen molar-refractivity contribution in [3.63, 3.8) is 0 Å². The van der Waals surface area contributed by atoms with Gasteiger partial charge in [-0.3, -0.25) is 9.48 Å². The Morgan fingerprint density at radius 2 is 2.21 bits per heavy atom. The van der Waals surface area contributed by atoms with Crippen LogP contribution in [0.1, 0.15) is 57.6 Å². The number of β-amino-alcohol motifs (C(OH)–C–C–N with tert-alkyl or cyclic N) is 1. The third kappa shape index (κ3) is 8.39. The Bertz CT molecular complexity index is 689. The van der Waals surface area contributed by atoms with E-state index in [-0.39, 0.29) is 11.9 Å². The number of aliphatic hydroxyl groups excluding tert-OH is 1. The second-order valence-electron chi connectivity index (χ2n) is 7.35. The molecule has 2 unspecified atom stereocenters. The van der Waals surface area contributed by atoms with E-state index in [9.17, 15) is 14.8 Å². The SMILES string of the molecule is CC[C@@H]1CC(O)CN1C(=O)CCCn1cc(CCCCCOP([O-])(=S)OC)nn1. The zero-order valence-corrected chi connectivity index (χ0v) is 18.9. The number of hydrogen-bond acceptors (Lipinski definition) is 8. The molecule has 1 aromatic heterocycles. The van der Waals surface area contributed by atoms with E-state index in [4.69, 9.17) is 4.52 Å². The van der Waals surface area contributed by atoms with Gasteiger partial charge in [0.25, 0.3) is 0 Å². The molecule has 2 rings (SSSR count). The molecule has 1 aromatic rings. The molecule has 1 aliphatic heterocycles. The minimum Gasteiger partial charge on any atom is -0.780 e. The van der Waals surface area contributed by atoms with Crippen molar-refractivity contribution in [3.8, 4) is 0 Å². The van der Waals surface area contributed by atoms with Gasteiger partial charge in [0.2, 0.25) is 5.91 Å². The first kappa shape index (κ1) is 24.4. The molecule has 1 N–H and O–H groups in total. The Balaban J connectivity index is 1.60. The third-order valence-electron chi connectivity index (χ3n) is 5.10. The summed E-state index contributed by atoms with van der Waals surface area (Å²) >= 11 is 4.66. The number of rotatable bonds is 13. The first-order valence-corrected chi connectivity index (χ1v) is 12.8. The van der Waals surface area contributed by atoms with Gasteiger partial charge >= 0.3 is 0 Å².